The average molecular weight is 472 g/mol. The SMILES string of the molecule is Cc1nn(Cc2cccc(C(=O)O/N=C(\N)c3ccc([N+](=O)[O-])cc3)c2)c(C)c1Br. The molecule has 0 aliphatic heterocycles. The molecule has 0 aliphatic carbocycles. The molecule has 3 aromatic rings. The molecule has 0 radical (unpaired) electrons. The molecule has 0 bridgehead atoms. The number of nitro groups is 1. The van der Waals surface area contributed by atoms with Gasteiger partial charge in [0, 0.05) is 17.7 Å². The van der Waals surface area contributed by atoms with Crippen molar-refractivity contribution in [3.8, 4) is 0 Å². The maximum atomic E-state index is 12.3. The van der Waals surface area contributed by atoms with Gasteiger partial charge in [-0.1, -0.05) is 17.3 Å². The first-order chi connectivity index (χ1) is 14.3. The quantitative estimate of drug-likeness (QED) is 0.192. The number of nitrogens with two attached hydrogens (primary N) is 1. The minimum absolute atomic E-state index is 0.0677. The minimum Gasteiger partial charge on any atom is -0.380 e. The molecule has 0 saturated carbocycles. The van der Waals surface area contributed by atoms with Crippen molar-refractivity contribution in [3.05, 3.63) is 91.2 Å². The lowest BCUT2D eigenvalue weighted by atomic mass is 10.1. The molecular formula is C20H18BrN5O4. The summed E-state index contributed by atoms with van der Waals surface area (Å²) < 4.78 is 2.79. The number of hydrogen-bond donors (Lipinski definition) is 1. The Hall–Kier alpha value is -3.53. The third-order valence-corrected chi connectivity index (χ3v) is 5.54. The molecule has 0 saturated heterocycles. The number of halogens is 1. The van der Waals surface area contributed by atoms with Gasteiger partial charge in [-0.05, 0) is 59.6 Å². The van der Waals surface area contributed by atoms with Gasteiger partial charge in [0.15, 0.2) is 5.84 Å². The van der Waals surface area contributed by atoms with Gasteiger partial charge in [0.1, 0.15) is 0 Å². The third-order valence-electron chi connectivity index (χ3n) is 4.39. The number of rotatable bonds is 6. The lowest BCUT2D eigenvalue weighted by Gasteiger charge is -2.06. The second-order valence-corrected chi connectivity index (χ2v) is 7.30. The van der Waals surface area contributed by atoms with E-state index in [1.807, 2.05) is 24.6 Å². The standard InChI is InChI=1S/C20H18BrN5O4/c1-12-18(21)13(2)25(23-12)11-14-4-3-5-16(10-14)20(27)30-24-19(22)15-6-8-17(9-7-15)26(28)29/h3-10H,11H2,1-2H3,(H2,22,24). The number of amidine groups is 1. The molecule has 0 atom stereocenters. The van der Waals surface area contributed by atoms with Gasteiger partial charge in [-0.25, -0.2) is 4.79 Å². The Morgan fingerprint density at radius 2 is 1.93 bits per heavy atom. The van der Waals surface area contributed by atoms with E-state index < -0.39 is 10.9 Å². The average Bonchev–Trinajstić information content (AvgIpc) is 2.98. The van der Waals surface area contributed by atoms with E-state index in [0.717, 1.165) is 21.4 Å². The van der Waals surface area contributed by atoms with E-state index in [9.17, 15) is 14.9 Å². The number of oxime groups is 1. The number of nitro benzene ring substituents is 1. The molecule has 1 heterocycles. The highest BCUT2D eigenvalue weighted by Crippen LogP contribution is 2.21. The number of carbonyl (C=O) groups is 1. The van der Waals surface area contributed by atoms with Crippen molar-refractivity contribution in [1.29, 1.82) is 0 Å². The Morgan fingerprint density at radius 3 is 2.53 bits per heavy atom. The van der Waals surface area contributed by atoms with Gasteiger partial charge in [-0.2, -0.15) is 5.10 Å². The van der Waals surface area contributed by atoms with Crippen LogP contribution in [0, 0.1) is 24.0 Å². The van der Waals surface area contributed by atoms with Crippen molar-refractivity contribution in [2.75, 3.05) is 0 Å². The van der Waals surface area contributed by atoms with Crippen molar-refractivity contribution in [3.63, 3.8) is 0 Å². The monoisotopic (exact) mass is 471 g/mol. The number of aromatic nitrogens is 2. The Bertz CT molecular complexity index is 1140. The molecular weight excluding hydrogens is 454 g/mol. The molecule has 10 heteroatoms. The van der Waals surface area contributed by atoms with Gasteiger partial charge in [0.2, 0.25) is 0 Å². The molecule has 2 N–H and O–H groups in total. The van der Waals surface area contributed by atoms with Gasteiger partial charge in [0.05, 0.1) is 32.9 Å². The van der Waals surface area contributed by atoms with Crippen LogP contribution < -0.4 is 5.73 Å². The number of benzene rings is 2. The maximum absolute atomic E-state index is 12.3. The minimum atomic E-state index is -0.670. The Morgan fingerprint density at radius 1 is 1.23 bits per heavy atom. The van der Waals surface area contributed by atoms with Gasteiger partial charge in [-0.3, -0.25) is 14.8 Å². The summed E-state index contributed by atoms with van der Waals surface area (Å²) in [4.78, 5) is 27.5. The largest absolute Gasteiger partial charge is 0.380 e. The second kappa shape index (κ2) is 8.87. The van der Waals surface area contributed by atoms with Gasteiger partial charge in [0.25, 0.3) is 5.69 Å². The van der Waals surface area contributed by atoms with Crippen LogP contribution in [0.1, 0.15) is 32.9 Å². The number of non-ortho nitro benzene ring substituents is 1. The molecule has 2 aromatic carbocycles. The summed E-state index contributed by atoms with van der Waals surface area (Å²) in [6.45, 7) is 4.36. The van der Waals surface area contributed by atoms with Crippen molar-refractivity contribution in [1.82, 2.24) is 9.78 Å². The highest BCUT2D eigenvalue weighted by atomic mass is 79.9. The number of carbonyl (C=O) groups excluding carboxylic acids is 1. The fourth-order valence-electron chi connectivity index (χ4n) is 2.75. The van der Waals surface area contributed by atoms with Crippen molar-refractivity contribution >= 4 is 33.4 Å². The van der Waals surface area contributed by atoms with Crippen molar-refractivity contribution < 1.29 is 14.6 Å². The van der Waals surface area contributed by atoms with Gasteiger partial charge < -0.3 is 10.6 Å². The number of aryl methyl sites for hydroxylation is 1. The van der Waals surface area contributed by atoms with Crippen LogP contribution in [0.5, 0.6) is 0 Å². The molecule has 0 spiro atoms. The van der Waals surface area contributed by atoms with E-state index in [0.29, 0.717) is 17.7 Å². The predicted octanol–water partition coefficient (Wildman–Crippen LogP) is 3.70. The van der Waals surface area contributed by atoms with Crippen LogP contribution in [0.2, 0.25) is 0 Å². The molecule has 3 rings (SSSR count). The van der Waals surface area contributed by atoms with E-state index >= 15 is 0 Å². The summed E-state index contributed by atoms with van der Waals surface area (Å²) in [6, 6.07) is 12.4. The molecule has 0 aliphatic rings. The second-order valence-electron chi connectivity index (χ2n) is 6.50. The molecule has 0 fully saturated rings. The van der Waals surface area contributed by atoms with Crippen LogP contribution in [-0.2, 0) is 11.4 Å². The van der Waals surface area contributed by atoms with E-state index in [1.165, 1.54) is 24.3 Å². The lowest BCUT2D eigenvalue weighted by molar-refractivity contribution is -0.384. The van der Waals surface area contributed by atoms with Crippen LogP contribution in [-0.4, -0.2) is 26.5 Å². The van der Waals surface area contributed by atoms with Crippen LogP contribution in [0.15, 0.2) is 58.2 Å². The zero-order chi connectivity index (χ0) is 21.8. The summed E-state index contributed by atoms with van der Waals surface area (Å²) in [5.74, 6) is -0.738. The zero-order valence-corrected chi connectivity index (χ0v) is 17.8. The Balaban J connectivity index is 1.71. The first-order valence-corrected chi connectivity index (χ1v) is 9.63. The lowest BCUT2D eigenvalue weighted by Crippen LogP contribution is -2.15. The number of hydrogen-bond acceptors (Lipinski definition) is 6. The van der Waals surface area contributed by atoms with Crippen LogP contribution in [0.4, 0.5) is 5.69 Å². The molecule has 9 nitrogen and oxygen atoms in total. The molecule has 1 aromatic heterocycles. The van der Waals surface area contributed by atoms with Crippen LogP contribution >= 0.6 is 15.9 Å². The Kier molecular flexibility index (Phi) is 6.26. The van der Waals surface area contributed by atoms with Crippen LogP contribution in [0.25, 0.3) is 0 Å². The van der Waals surface area contributed by atoms with Crippen molar-refractivity contribution in [2.24, 2.45) is 10.9 Å². The highest BCUT2D eigenvalue weighted by Gasteiger charge is 2.12. The summed E-state index contributed by atoms with van der Waals surface area (Å²) in [6.07, 6.45) is 0. The predicted molar refractivity (Wildman–Crippen MR) is 114 cm³/mol. The smallest absolute Gasteiger partial charge is 0.365 e. The van der Waals surface area contributed by atoms with E-state index in [2.05, 4.69) is 26.2 Å². The molecule has 0 amide bonds. The highest BCUT2D eigenvalue weighted by molar-refractivity contribution is 9.10. The molecule has 0 unspecified atom stereocenters. The topological polar surface area (TPSA) is 126 Å². The normalized spacial score (nSPS) is 11.4. The van der Waals surface area contributed by atoms with Crippen molar-refractivity contribution in [2.45, 2.75) is 20.4 Å². The van der Waals surface area contributed by atoms with Gasteiger partial charge in [-0.15, -0.1) is 0 Å². The molecule has 154 valence electrons. The summed E-state index contributed by atoms with van der Waals surface area (Å²) >= 11 is 3.50. The maximum Gasteiger partial charge on any atom is 0.365 e. The fourth-order valence-corrected chi connectivity index (χ4v) is 3.03. The first-order valence-electron chi connectivity index (χ1n) is 8.84. The number of nitrogens with zero attached hydrogens (tertiary/aromatic N) is 4. The van der Waals surface area contributed by atoms with E-state index in [1.54, 1.807) is 18.2 Å². The van der Waals surface area contributed by atoms with Crippen LogP contribution in [0.3, 0.4) is 0 Å². The summed E-state index contributed by atoms with van der Waals surface area (Å²) in [7, 11) is 0. The third kappa shape index (κ3) is 4.71. The summed E-state index contributed by atoms with van der Waals surface area (Å²) in [5.41, 5.74) is 9.18. The fraction of sp³-hybridized carbons (Fsp3) is 0.150. The zero-order valence-electron chi connectivity index (χ0n) is 16.2. The first kappa shape index (κ1) is 21.2. The summed E-state index contributed by atoms with van der Waals surface area (Å²) in [5, 5.41) is 18.8. The van der Waals surface area contributed by atoms with Gasteiger partial charge >= 0.3 is 5.97 Å². The van der Waals surface area contributed by atoms with E-state index in [4.69, 9.17) is 10.6 Å². The van der Waals surface area contributed by atoms with E-state index in [-0.39, 0.29) is 11.5 Å². The Labute approximate surface area is 180 Å². The molecule has 30 heavy (non-hydrogen) atoms.